The second kappa shape index (κ2) is 6.84. The van der Waals surface area contributed by atoms with E-state index in [0.29, 0.717) is 5.82 Å². The smallest absolute Gasteiger partial charge is 0.408 e. The van der Waals surface area contributed by atoms with Crippen molar-refractivity contribution < 1.29 is 14.3 Å². The fraction of sp³-hybridized carbons (Fsp3) is 0.150. The molecular formula is C20H17N3O3. The highest BCUT2D eigenvalue weighted by Crippen LogP contribution is 2.38. The molecule has 2 atom stereocenters. The maximum absolute atomic E-state index is 11.9. The molecule has 0 spiro atoms. The summed E-state index contributed by atoms with van der Waals surface area (Å²) < 4.78 is 10.8. The number of hydrogen-bond acceptors (Lipinski definition) is 5. The van der Waals surface area contributed by atoms with Gasteiger partial charge in [-0.05, 0) is 35.4 Å². The van der Waals surface area contributed by atoms with Crippen molar-refractivity contribution in [3.8, 4) is 17.1 Å². The van der Waals surface area contributed by atoms with E-state index in [1.807, 2.05) is 48.5 Å². The van der Waals surface area contributed by atoms with Gasteiger partial charge < -0.3 is 14.8 Å². The minimum atomic E-state index is -0.441. The van der Waals surface area contributed by atoms with E-state index < -0.39 is 12.2 Å². The first kappa shape index (κ1) is 16.1. The van der Waals surface area contributed by atoms with Crippen LogP contribution in [0.5, 0.6) is 5.75 Å². The Bertz CT molecular complexity index is 930. The zero-order valence-corrected chi connectivity index (χ0v) is 14.1. The normalized spacial score (nSPS) is 18.9. The number of nitrogens with one attached hydrogen (secondary N) is 1. The number of carbonyl (C=O) groups is 1. The fourth-order valence-corrected chi connectivity index (χ4v) is 3.08. The average Bonchev–Trinajstić information content (AvgIpc) is 3.11. The summed E-state index contributed by atoms with van der Waals surface area (Å²) in [5, 5.41) is 2.89. The van der Waals surface area contributed by atoms with Crippen LogP contribution in [0.2, 0.25) is 0 Å². The first-order valence-electron chi connectivity index (χ1n) is 8.23. The van der Waals surface area contributed by atoms with Gasteiger partial charge in [0.2, 0.25) is 0 Å². The van der Waals surface area contributed by atoms with Crippen LogP contribution >= 0.6 is 0 Å². The van der Waals surface area contributed by atoms with Gasteiger partial charge in [0, 0.05) is 18.0 Å². The third-order valence-corrected chi connectivity index (χ3v) is 4.30. The number of methoxy groups -OCH3 is 1. The lowest BCUT2D eigenvalue weighted by Gasteiger charge is -2.18. The summed E-state index contributed by atoms with van der Waals surface area (Å²) in [5.41, 5.74) is 2.68. The van der Waals surface area contributed by atoms with E-state index in [9.17, 15) is 4.79 Å². The SMILES string of the molecule is COc1cccc([C@H]2OC(=O)N[C@@H]2c2cccc(-c3ncccn3)c2)c1. The number of cyclic esters (lactones) is 1. The van der Waals surface area contributed by atoms with Gasteiger partial charge in [0.1, 0.15) is 5.75 Å². The van der Waals surface area contributed by atoms with E-state index in [-0.39, 0.29) is 6.04 Å². The number of rotatable bonds is 4. The Morgan fingerprint density at radius 1 is 1.00 bits per heavy atom. The van der Waals surface area contributed by atoms with Crippen molar-refractivity contribution in [1.82, 2.24) is 15.3 Å². The molecule has 4 rings (SSSR count). The molecule has 130 valence electrons. The van der Waals surface area contributed by atoms with E-state index in [0.717, 1.165) is 22.4 Å². The molecule has 0 unspecified atom stereocenters. The zero-order valence-electron chi connectivity index (χ0n) is 14.1. The molecule has 6 nitrogen and oxygen atoms in total. The number of benzene rings is 2. The van der Waals surface area contributed by atoms with E-state index in [4.69, 9.17) is 9.47 Å². The molecule has 2 heterocycles. The Balaban J connectivity index is 1.70. The zero-order chi connectivity index (χ0) is 17.9. The topological polar surface area (TPSA) is 73.3 Å². The molecule has 1 fully saturated rings. The van der Waals surface area contributed by atoms with Crippen molar-refractivity contribution >= 4 is 6.09 Å². The van der Waals surface area contributed by atoms with E-state index >= 15 is 0 Å². The number of alkyl carbamates (subject to hydrolysis) is 1. The molecule has 0 aliphatic carbocycles. The van der Waals surface area contributed by atoms with Crippen LogP contribution in [0.4, 0.5) is 4.79 Å². The first-order chi connectivity index (χ1) is 12.7. The summed E-state index contributed by atoms with van der Waals surface area (Å²) in [6, 6.07) is 16.8. The molecule has 0 radical (unpaired) electrons. The van der Waals surface area contributed by atoms with Crippen LogP contribution in [0.1, 0.15) is 23.3 Å². The highest BCUT2D eigenvalue weighted by molar-refractivity contribution is 5.71. The number of ether oxygens (including phenoxy) is 2. The molecule has 0 bridgehead atoms. The summed E-state index contributed by atoms with van der Waals surface area (Å²) in [7, 11) is 1.61. The Hall–Kier alpha value is -3.41. The highest BCUT2D eigenvalue weighted by atomic mass is 16.6. The van der Waals surface area contributed by atoms with Crippen LogP contribution in [0.15, 0.2) is 67.0 Å². The molecule has 3 aromatic rings. The monoisotopic (exact) mass is 347 g/mol. The lowest BCUT2D eigenvalue weighted by Crippen LogP contribution is -2.19. The Morgan fingerprint density at radius 2 is 1.77 bits per heavy atom. The molecule has 0 saturated carbocycles. The second-order valence-corrected chi connectivity index (χ2v) is 5.92. The van der Waals surface area contributed by atoms with Crippen molar-refractivity contribution in [1.29, 1.82) is 0 Å². The third kappa shape index (κ3) is 3.09. The maximum Gasteiger partial charge on any atom is 0.408 e. The Kier molecular flexibility index (Phi) is 4.23. The molecule has 1 amide bonds. The molecule has 1 aromatic heterocycles. The third-order valence-electron chi connectivity index (χ3n) is 4.30. The van der Waals surface area contributed by atoms with Crippen LogP contribution in [-0.4, -0.2) is 23.2 Å². The van der Waals surface area contributed by atoms with E-state index in [2.05, 4.69) is 15.3 Å². The quantitative estimate of drug-likeness (QED) is 0.779. The average molecular weight is 347 g/mol. The van der Waals surface area contributed by atoms with Gasteiger partial charge in [-0.3, -0.25) is 0 Å². The molecule has 26 heavy (non-hydrogen) atoms. The molecule has 1 N–H and O–H groups in total. The first-order valence-corrected chi connectivity index (χ1v) is 8.23. The maximum atomic E-state index is 11.9. The summed E-state index contributed by atoms with van der Waals surface area (Å²) in [6.45, 7) is 0. The van der Waals surface area contributed by atoms with Crippen molar-refractivity contribution in [2.45, 2.75) is 12.1 Å². The molecule has 6 heteroatoms. The van der Waals surface area contributed by atoms with Crippen molar-refractivity contribution in [2.75, 3.05) is 7.11 Å². The van der Waals surface area contributed by atoms with E-state index in [1.165, 1.54) is 0 Å². The van der Waals surface area contributed by atoms with Crippen LogP contribution in [0.25, 0.3) is 11.4 Å². The summed E-state index contributed by atoms with van der Waals surface area (Å²) in [4.78, 5) is 20.5. The van der Waals surface area contributed by atoms with Gasteiger partial charge in [-0.2, -0.15) is 0 Å². The minimum absolute atomic E-state index is 0.307. The molecule has 1 aliphatic heterocycles. The minimum Gasteiger partial charge on any atom is -0.497 e. The van der Waals surface area contributed by atoms with E-state index in [1.54, 1.807) is 25.6 Å². The Labute approximate surface area is 150 Å². The van der Waals surface area contributed by atoms with Crippen LogP contribution < -0.4 is 10.1 Å². The predicted molar refractivity (Wildman–Crippen MR) is 95.6 cm³/mol. The summed E-state index contributed by atoms with van der Waals surface area (Å²) >= 11 is 0. The standard InChI is InChI=1S/C20H17N3O3/c1-25-16-8-3-6-14(12-16)18-17(23-20(24)26-18)13-5-2-7-15(11-13)19-21-9-4-10-22-19/h2-12,17-18H,1H3,(H,23,24)/t17-,18-/m1/s1. The number of amides is 1. The molecular weight excluding hydrogens is 330 g/mol. The van der Waals surface area contributed by atoms with Crippen molar-refractivity contribution in [2.24, 2.45) is 0 Å². The predicted octanol–water partition coefficient (Wildman–Crippen LogP) is 3.67. The van der Waals surface area contributed by atoms with Crippen molar-refractivity contribution in [3.63, 3.8) is 0 Å². The summed E-state index contributed by atoms with van der Waals surface area (Å²) in [5.74, 6) is 1.35. The van der Waals surface area contributed by atoms with Gasteiger partial charge >= 0.3 is 6.09 Å². The van der Waals surface area contributed by atoms with Crippen LogP contribution in [0, 0.1) is 0 Å². The molecule has 1 saturated heterocycles. The van der Waals surface area contributed by atoms with Gasteiger partial charge in [0.25, 0.3) is 0 Å². The lowest BCUT2D eigenvalue weighted by molar-refractivity contribution is 0.132. The van der Waals surface area contributed by atoms with Gasteiger partial charge in [-0.1, -0.05) is 30.3 Å². The molecule has 1 aliphatic rings. The van der Waals surface area contributed by atoms with Gasteiger partial charge in [0.05, 0.1) is 13.2 Å². The number of carbonyl (C=O) groups excluding carboxylic acids is 1. The van der Waals surface area contributed by atoms with Crippen LogP contribution in [0.3, 0.4) is 0 Å². The van der Waals surface area contributed by atoms with Gasteiger partial charge in [-0.25, -0.2) is 14.8 Å². The van der Waals surface area contributed by atoms with Crippen molar-refractivity contribution in [3.05, 3.63) is 78.1 Å². The largest absolute Gasteiger partial charge is 0.497 e. The van der Waals surface area contributed by atoms with Gasteiger partial charge in [-0.15, -0.1) is 0 Å². The highest BCUT2D eigenvalue weighted by Gasteiger charge is 2.36. The number of aromatic nitrogens is 2. The second-order valence-electron chi connectivity index (χ2n) is 5.92. The summed E-state index contributed by atoms with van der Waals surface area (Å²) in [6.07, 6.45) is 2.52. The van der Waals surface area contributed by atoms with Crippen LogP contribution in [-0.2, 0) is 4.74 Å². The molecule has 2 aromatic carbocycles. The Morgan fingerprint density at radius 3 is 2.58 bits per heavy atom. The number of hydrogen-bond donors (Lipinski definition) is 1. The lowest BCUT2D eigenvalue weighted by atomic mass is 9.95. The fourth-order valence-electron chi connectivity index (χ4n) is 3.08. The van der Waals surface area contributed by atoms with Gasteiger partial charge in [0.15, 0.2) is 11.9 Å². The number of nitrogens with zero attached hydrogens (tertiary/aromatic N) is 2.